The largest absolute Gasteiger partial charge is 0.497 e. The fourth-order valence-corrected chi connectivity index (χ4v) is 3.87. The normalized spacial score (nSPS) is 16.1. The summed E-state index contributed by atoms with van der Waals surface area (Å²) >= 11 is 0. The van der Waals surface area contributed by atoms with Crippen LogP contribution >= 0.6 is 0 Å². The molecule has 0 aliphatic carbocycles. The highest BCUT2D eigenvalue weighted by molar-refractivity contribution is 5.50. The Bertz CT molecular complexity index is 813. The molecule has 2 aromatic rings. The minimum atomic E-state index is -4.38. The van der Waals surface area contributed by atoms with Crippen LogP contribution < -0.4 is 10.1 Å². The van der Waals surface area contributed by atoms with Crippen molar-refractivity contribution in [3.8, 4) is 5.75 Å². The molecule has 164 valence electrons. The highest BCUT2D eigenvalue weighted by Crippen LogP contribution is 2.35. The fourth-order valence-electron chi connectivity index (χ4n) is 3.87. The number of likely N-dealkylation sites (tertiary alicyclic amines) is 1. The second kappa shape index (κ2) is 9.71. The van der Waals surface area contributed by atoms with Gasteiger partial charge in [0.1, 0.15) is 5.75 Å². The molecule has 1 heterocycles. The summed E-state index contributed by atoms with van der Waals surface area (Å²) in [5.41, 5.74) is 1.21. The zero-order valence-electron chi connectivity index (χ0n) is 17.8. The number of nitrogens with zero attached hydrogens (tertiary/aromatic N) is 2. The number of anilines is 1. The SMILES string of the molecule is COc1ccc(CNc2ccc(CN3CCC(N(C)C)CC3)c(C(F)(F)F)c2)cc1. The summed E-state index contributed by atoms with van der Waals surface area (Å²) < 4.78 is 46.3. The Morgan fingerprint density at radius 2 is 1.73 bits per heavy atom. The van der Waals surface area contributed by atoms with Crippen LogP contribution in [0, 0.1) is 0 Å². The van der Waals surface area contributed by atoms with Gasteiger partial charge in [0.2, 0.25) is 0 Å². The van der Waals surface area contributed by atoms with Crippen molar-refractivity contribution in [3.63, 3.8) is 0 Å². The van der Waals surface area contributed by atoms with Crippen LogP contribution in [0.5, 0.6) is 5.75 Å². The molecule has 1 saturated heterocycles. The Morgan fingerprint density at radius 3 is 2.30 bits per heavy atom. The van der Waals surface area contributed by atoms with E-state index in [9.17, 15) is 13.2 Å². The fraction of sp³-hybridized carbons (Fsp3) is 0.478. The number of rotatable bonds is 7. The van der Waals surface area contributed by atoms with E-state index in [0.717, 1.165) is 37.2 Å². The van der Waals surface area contributed by atoms with Crippen molar-refractivity contribution in [2.75, 3.05) is 39.6 Å². The van der Waals surface area contributed by atoms with Crippen LogP contribution in [0.2, 0.25) is 0 Å². The predicted octanol–water partition coefficient (Wildman–Crippen LogP) is 4.85. The number of halogens is 3. The summed E-state index contributed by atoms with van der Waals surface area (Å²) in [6, 6.07) is 12.5. The first kappa shape index (κ1) is 22.4. The van der Waals surface area contributed by atoms with Gasteiger partial charge < -0.3 is 15.0 Å². The monoisotopic (exact) mass is 421 g/mol. The highest BCUT2D eigenvalue weighted by Gasteiger charge is 2.34. The molecule has 0 spiro atoms. The number of alkyl halides is 3. The number of nitrogens with one attached hydrogen (secondary N) is 1. The molecule has 1 fully saturated rings. The minimum absolute atomic E-state index is 0.327. The first-order valence-electron chi connectivity index (χ1n) is 10.2. The smallest absolute Gasteiger partial charge is 0.416 e. The van der Waals surface area contributed by atoms with Gasteiger partial charge in [-0.15, -0.1) is 0 Å². The molecule has 4 nitrogen and oxygen atoms in total. The predicted molar refractivity (Wildman–Crippen MR) is 114 cm³/mol. The van der Waals surface area contributed by atoms with E-state index >= 15 is 0 Å². The summed E-state index contributed by atoms with van der Waals surface area (Å²) in [4.78, 5) is 4.32. The van der Waals surface area contributed by atoms with E-state index in [0.29, 0.717) is 30.4 Å². The van der Waals surface area contributed by atoms with Crippen LogP contribution in [0.3, 0.4) is 0 Å². The Labute approximate surface area is 176 Å². The van der Waals surface area contributed by atoms with Crippen LogP contribution in [-0.4, -0.2) is 50.1 Å². The molecule has 0 amide bonds. The quantitative estimate of drug-likeness (QED) is 0.692. The zero-order valence-corrected chi connectivity index (χ0v) is 17.8. The molecule has 1 N–H and O–H groups in total. The van der Waals surface area contributed by atoms with Gasteiger partial charge in [-0.1, -0.05) is 18.2 Å². The van der Waals surface area contributed by atoms with Gasteiger partial charge in [0, 0.05) is 24.8 Å². The molecule has 2 aromatic carbocycles. The van der Waals surface area contributed by atoms with E-state index in [1.165, 1.54) is 6.07 Å². The van der Waals surface area contributed by atoms with Crippen LogP contribution in [0.4, 0.5) is 18.9 Å². The van der Waals surface area contributed by atoms with Gasteiger partial charge in [0.15, 0.2) is 0 Å². The second-order valence-electron chi connectivity index (χ2n) is 8.04. The van der Waals surface area contributed by atoms with E-state index in [1.54, 1.807) is 19.2 Å². The van der Waals surface area contributed by atoms with Crippen molar-refractivity contribution in [3.05, 3.63) is 59.2 Å². The third-order valence-corrected chi connectivity index (χ3v) is 5.75. The third kappa shape index (κ3) is 5.89. The van der Waals surface area contributed by atoms with Gasteiger partial charge in [-0.3, -0.25) is 4.90 Å². The Kier molecular flexibility index (Phi) is 7.26. The van der Waals surface area contributed by atoms with Crippen LogP contribution in [0.1, 0.15) is 29.5 Å². The molecule has 30 heavy (non-hydrogen) atoms. The van der Waals surface area contributed by atoms with Gasteiger partial charge in [-0.05, 0) is 75.4 Å². The number of piperidine rings is 1. The lowest BCUT2D eigenvalue weighted by Crippen LogP contribution is -2.41. The lowest BCUT2D eigenvalue weighted by Gasteiger charge is -2.35. The van der Waals surface area contributed by atoms with Crippen molar-refractivity contribution < 1.29 is 17.9 Å². The maximum absolute atomic E-state index is 13.7. The Hall–Kier alpha value is -2.25. The van der Waals surface area contributed by atoms with E-state index < -0.39 is 11.7 Å². The van der Waals surface area contributed by atoms with Gasteiger partial charge >= 0.3 is 6.18 Å². The molecular weight excluding hydrogens is 391 g/mol. The van der Waals surface area contributed by atoms with Gasteiger partial charge in [-0.25, -0.2) is 0 Å². The number of methoxy groups -OCH3 is 1. The summed E-state index contributed by atoms with van der Waals surface area (Å²) in [7, 11) is 5.71. The Balaban J connectivity index is 1.67. The minimum Gasteiger partial charge on any atom is -0.497 e. The highest BCUT2D eigenvalue weighted by atomic mass is 19.4. The summed E-state index contributed by atoms with van der Waals surface area (Å²) in [5.74, 6) is 0.747. The molecule has 1 aliphatic heterocycles. The lowest BCUT2D eigenvalue weighted by molar-refractivity contribution is -0.138. The second-order valence-corrected chi connectivity index (χ2v) is 8.04. The molecule has 3 rings (SSSR count). The molecule has 0 bridgehead atoms. The van der Waals surface area contributed by atoms with Crippen molar-refractivity contribution in [1.82, 2.24) is 9.80 Å². The van der Waals surface area contributed by atoms with Crippen molar-refractivity contribution in [2.24, 2.45) is 0 Å². The number of hydrogen-bond acceptors (Lipinski definition) is 4. The topological polar surface area (TPSA) is 27.7 Å². The first-order valence-corrected chi connectivity index (χ1v) is 10.2. The van der Waals surface area contributed by atoms with Crippen LogP contribution in [0.15, 0.2) is 42.5 Å². The zero-order chi connectivity index (χ0) is 21.7. The van der Waals surface area contributed by atoms with E-state index in [-0.39, 0.29) is 0 Å². The first-order chi connectivity index (χ1) is 14.3. The van der Waals surface area contributed by atoms with Crippen LogP contribution in [-0.2, 0) is 19.3 Å². The molecule has 0 saturated carbocycles. The van der Waals surface area contributed by atoms with E-state index in [1.807, 2.05) is 24.3 Å². The maximum Gasteiger partial charge on any atom is 0.416 e. The molecule has 0 unspecified atom stereocenters. The molecular formula is C23H30F3N3O. The summed E-state index contributed by atoms with van der Waals surface area (Å²) in [6.45, 7) is 2.40. The van der Waals surface area contributed by atoms with E-state index in [2.05, 4.69) is 29.2 Å². The third-order valence-electron chi connectivity index (χ3n) is 5.75. The maximum atomic E-state index is 13.7. The standard InChI is InChI=1S/C23H30F3N3O/c1-28(2)20-10-12-29(13-11-20)16-18-6-7-19(14-22(18)23(24,25)26)27-15-17-4-8-21(30-3)9-5-17/h4-9,14,20,27H,10-13,15-16H2,1-3H3. The van der Waals surface area contributed by atoms with Gasteiger partial charge in [0.25, 0.3) is 0 Å². The summed E-state index contributed by atoms with van der Waals surface area (Å²) in [6.07, 6.45) is -2.42. The van der Waals surface area contributed by atoms with Crippen LogP contribution in [0.25, 0.3) is 0 Å². The van der Waals surface area contributed by atoms with Gasteiger partial charge in [-0.2, -0.15) is 13.2 Å². The van der Waals surface area contributed by atoms with Crippen molar-refractivity contribution in [1.29, 1.82) is 0 Å². The Morgan fingerprint density at radius 1 is 1.07 bits per heavy atom. The van der Waals surface area contributed by atoms with E-state index in [4.69, 9.17) is 4.74 Å². The molecule has 7 heteroatoms. The molecule has 0 aromatic heterocycles. The molecule has 0 atom stereocenters. The number of benzene rings is 2. The van der Waals surface area contributed by atoms with Crippen molar-refractivity contribution >= 4 is 5.69 Å². The molecule has 1 aliphatic rings. The number of hydrogen-bond donors (Lipinski definition) is 1. The van der Waals surface area contributed by atoms with Crippen molar-refractivity contribution in [2.45, 2.75) is 38.1 Å². The lowest BCUT2D eigenvalue weighted by atomic mass is 10.0. The summed E-state index contributed by atoms with van der Waals surface area (Å²) in [5, 5.41) is 3.10. The van der Waals surface area contributed by atoms with Gasteiger partial charge in [0.05, 0.1) is 12.7 Å². The average molecular weight is 422 g/mol. The average Bonchev–Trinajstić information content (AvgIpc) is 2.73. The molecule has 0 radical (unpaired) electrons. The number of ether oxygens (including phenoxy) is 1.